The molecule has 184 valence electrons. The van der Waals surface area contributed by atoms with Crippen molar-refractivity contribution in [2.75, 3.05) is 16.9 Å². The lowest BCUT2D eigenvalue weighted by Crippen LogP contribution is -2.42. The molecule has 0 unspecified atom stereocenters. The van der Waals surface area contributed by atoms with Gasteiger partial charge in [-0.3, -0.25) is 9.59 Å². The lowest BCUT2D eigenvalue weighted by Gasteiger charge is -2.31. The fourth-order valence-electron chi connectivity index (χ4n) is 5.98. The molecule has 5 rings (SSSR count). The lowest BCUT2D eigenvalue weighted by atomic mass is 9.82. The fraction of sp³-hybridized carbons (Fsp3) is 0.423. The van der Waals surface area contributed by atoms with E-state index in [9.17, 15) is 14.7 Å². The van der Waals surface area contributed by atoms with Gasteiger partial charge in [0.15, 0.2) is 5.60 Å². The summed E-state index contributed by atoms with van der Waals surface area (Å²) in [7, 11) is -3.24. The lowest BCUT2D eigenvalue weighted by molar-refractivity contribution is -0.143. The molecule has 7 nitrogen and oxygen atoms in total. The molecular formula is C26H30FN3O4Si. The van der Waals surface area contributed by atoms with E-state index in [0.29, 0.717) is 29.8 Å². The predicted octanol–water partition coefficient (Wildman–Crippen LogP) is 4.33. The Morgan fingerprint density at radius 1 is 1.20 bits per heavy atom. The van der Waals surface area contributed by atoms with Crippen molar-refractivity contribution in [1.29, 1.82) is 0 Å². The van der Waals surface area contributed by atoms with Gasteiger partial charge in [0.1, 0.15) is 0 Å². The summed E-state index contributed by atoms with van der Waals surface area (Å²) in [4.78, 5) is 26.2. The van der Waals surface area contributed by atoms with Gasteiger partial charge in [-0.15, -0.1) is 0 Å². The van der Waals surface area contributed by atoms with E-state index in [0.717, 1.165) is 11.3 Å². The van der Waals surface area contributed by atoms with Gasteiger partial charge in [-0.25, -0.2) is 5.01 Å². The number of hydrazone groups is 1. The largest absolute Gasteiger partial charge is 0.396 e. The summed E-state index contributed by atoms with van der Waals surface area (Å²) in [6.07, 6.45) is 0.563. The van der Waals surface area contributed by atoms with Crippen molar-refractivity contribution in [2.45, 2.75) is 56.5 Å². The Kier molecular flexibility index (Phi) is 5.89. The third-order valence-corrected chi connectivity index (χ3v) is 9.95. The van der Waals surface area contributed by atoms with Crippen molar-refractivity contribution in [3.8, 4) is 0 Å². The number of aliphatic hydroxyl groups is 1. The maximum atomic E-state index is 15.5. The maximum absolute atomic E-state index is 15.5. The number of nitrogens with zero attached hydrogens (tertiary/aromatic N) is 2. The Balaban J connectivity index is 1.58. The van der Waals surface area contributed by atoms with Gasteiger partial charge in [-0.1, -0.05) is 37.3 Å². The average Bonchev–Trinajstić information content (AvgIpc) is 3.28. The highest BCUT2D eigenvalue weighted by Gasteiger charge is 2.65. The molecule has 2 aromatic rings. The van der Waals surface area contributed by atoms with Crippen LogP contribution in [0.5, 0.6) is 0 Å². The average molecular weight is 496 g/mol. The number of carbonyl (C=O) groups excluding carboxylic acids is 2. The molecule has 1 fully saturated rings. The number of benzene rings is 2. The van der Waals surface area contributed by atoms with Crippen LogP contribution in [0.1, 0.15) is 37.3 Å². The molecule has 35 heavy (non-hydrogen) atoms. The normalized spacial score (nSPS) is 28.3. The first-order valence-corrected chi connectivity index (χ1v) is 15.0. The van der Waals surface area contributed by atoms with Crippen molar-refractivity contribution in [1.82, 2.24) is 0 Å². The van der Waals surface area contributed by atoms with Crippen LogP contribution in [0.3, 0.4) is 0 Å². The van der Waals surface area contributed by atoms with Gasteiger partial charge >= 0.3 is 0 Å². The number of halogens is 1. The summed E-state index contributed by atoms with van der Waals surface area (Å²) in [5.41, 5.74) is 1.64. The van der Waals surface area contributed by atoms with Gasteiger partial charge in [0.2, 0.25) is 14.3 Å². The van der Waals surface area contributed by atoms with E-state index in [2.05, 4.69) is 10.4 Å². The fourth-order valence-corrected chi connectivity index (χ4v) is 8.52. The quantitative estimate of drug-likeness (QED) is 0.477. The van der Waals surface area contributed by atoms with Crippen LogP contribution >= 0.6 is 0 Å². The minimum Gasteiger partial charge on any atom is -0.396 e. The van der Waals surface area contributed by atoms with E-state index in [1.807, 2.05) is 37.3 Å². The molecule has 1 saturated heterocycles. The molecule has 3 aliphatic heterocycles. The number of fused-ring (bicyclic) bond motifs is 2. The van der Waals surface area contributed by atoms with Gasteiger partial charge in [0.05, 0.1) is 17.5 Å². The number of hydrogen-bond donors (Lipinski definition) is 2. The number of carbonyl (C=O) groups is 2. The van der Waals surface area contributed by atoms with Crippen LogP contribution in [-0.4, -0.2) is 43.8 Å². The highest BCUT2D eigenvalue weighted by Crippen LogP contribution is 2.59. The zero-order chi connectivity index (χ0) is 25.0. The zero-order valence-corrected chi connectivity index (χ0v) is 21.1. The van der Waals surface area contributed by atoms with E-state index in [1.54, 1.807) is 31.3 Å². The molecule has 9 heteroatoms. The summed E-state index contributed by atoms with van der Waals surface area (Å²) in [6.45, 7) is 4.95. The summed E-state index contributed by atoms with van der Waals surface area (Å²) < 4.78 is 21.8. The van der Waals surface area contributed by atoms with E-state index >= 15 is 4.11 Å². The van der Waals surface area contributed by atoms with Crippen molar-refractivity contribution in [3.05, 3.63) is 59.7 Å². The molecule has 4 atom stereocenters. The Bertz CT molecular complexity index is 1200. The SMILES string of the molecule is C[C@@H]1[C@@H]([Si](C)(C)F)[C@H](CCO)O[C@@]12C(=O)Nc1ccc(N3N=C(c4ccccc4)CCC3=O)cc12. The molecule has 0 bridgehead atoms. The zero-order valence-electron chi connectivity index (χ0n) is 20.1. The number of rotatable bonds is 5. The van der Waals surface area contributed by atoms with Crippen molar-refractivity contribution in [3.63, 3.8) is 0 Å². The second kappa shape index (κ2) is 8.65. The minimum absolute atomic E-state index is 0.135. The summed E-state index contributed by atoms with van der Waals surface area (Å²) in [5.74, 6) is -0.911. The molecule has 0 aliphatic carbocycles. The van der Waals surface area contributed by atoms with Crippen LogP contribution in [0.2, 0.25) is 18.6 Å². The number of ether oxygens (including phenoxy) is 1. The third-order valence-electron chi connectivity index (χ3n) is 7.50. The highest BCUT2D eigenvalue weighted by molar-refractivity contribution is 6.72. The number of amides is 2. The topological polar surface area (TPSA) is 91.2 Å². The van der Waals surface area contributed by atoms with Gasteiger partial charge in [0, 0.05) is 42.2 Å². The Hall–Kier alpha value is -2.88. The summed E-state index contributed by atoms with van der Waals surface area (Å²) in [5, 5.41) is 18.5. The molecule has 3 heterocycles. The maximum Gasteiger partial charge on any atom is 0.261 e. The van der Waals surface area contributed by atoms with Crippen molar-refractivity contribution >= 4 is 37.3 Å². The third kappa shape index (κ3) is 3.82. The molecule has 3 aliphatic rings. The molecule has 2 aromatic carbocycles. The Morgan fingerprint density at radius 3 is 2.63 bits per heavy atom. The second-order valence-corrected chi connectivity index (χ2v) is 13.9. The van der Waals surface area contributed by atoms with E-state index in [-0.39, 0.29) is 24.8 Å². The standard InChI is InChI=1S/C26H30FN3O4Si/c1-16-24(35(2,3)27)22(13-14-31)34-26(16)19-15-18(9-10-21(19)28-25(26)33)30-23(32)12-11-20(29-30)17-7-5-4-6-8-17/h4-10,15-16,22,24,31H,11-14H2,1-3H3,(H,28,33)/t16-,22+,24-,26+/m1/s1. The van der Waals surface area contributed by atoms with Gasteiger partial charge in [-0.2, -0.15) is 5.10 Å². The molecule has 1 spiro atoms. The van der Waals surface area contributed by atoms with E-state index in [1.165, 1.54) is 5.01 Å². The van der Waals surface area contributed by atoms with Gasteiger partial charge < -0.3 is 19.3 Å². The molecule has 0 saturated carbocycles. The molecule has 2 N–H and O–H groups in total. The van der Waals surface area contributed by atoms with Crippen molar-refractivity contribution in [2.24, 2.45) is 11.0 Å². The first-order chi connectivity index (χ1) is 16.7. The van der Waals surface area contributed by atoms with Crippen LogP contribution in [0.4, 0.5) is 15.5 Å². The Morgan fingerprint density at radius 2 is 1.94 bits per heavy atom. The highest BCUT2D eigenvalue weighted by atomic mass is 28.4. The molecule has 2 amide bonds. The van der Waals surface area contributed by atoms with Gasteiger partial charge in [-0.05, 0) is 43.3 Å². The van der Waals surface area contributed by atoms with Crippen LogP contribution in [-0.2, 0) is 19.9 Å². The van der Waals surface area contributed by atoms with Crippen LogP contribution in [0.25, 0.3) is 0 Å². The smallest absolute Gasteiger partial charge is 0.261 e. The van der Waals surface area contributed by atoms with Crippen LogP contribution in [0.15, 0.2) is 53.6 Å². The van der Waals surface area contributed by atoms with Gasteiger partial charge in [0.25, 0.3) is 5.91 Å². The monoisotopic (exact) mass is 495 g/mol. The Labute approximate surface area is 205 Å². The van der Waals surface area contributed by atoms with Crippen molar-refractivity contribution < 1.29 is 23.5 Å². The first kappa shape index (κ1) is 23.8. The number of hydrogen-bond acceptors (Lipinski definition) is 5. The van der Waals surface area contributed by atoms with E-state index in [4.69, 9.17) is 4.74 Å². The summed E-state index contributed by atoms with van der Waals surface area (Å²) >= 11 is 0. The number of nitrogens with one attached hydrogen (secondary N) is 1. The molecule has 0 aromatic heterocycles. The minimum atomic E-state index is -3.24. The summed E-state index contributed by atoms with van der Waals surface area (Å²) in [6, 6.07) is 15.0. The van der Waals surface area contributed by atoms with Crippen LogP contribution in [0, 0.1) is 5.92 Å². The number of aliphatic hydroxyl groups excluding tert-OH is 1. The second-order valence-electron chi connectivity index (χ2n) is 10.1. The predicted molar refractivity (Wildman–Crippen MR) is 135 cm³/mol. The van der Waals surface area contributed by atoms with E-state index < -0.39 is 31.6 Å². The first-order valence-electron chi connectivity index (χ1n) is 12.1. The number of anilines is 2. The van der Waals surface area contributed by atoms with Crippen LogP contribution < -0.4 is 10.3 Å². The molecular weight excluding hydrogens is 465 g/mol. The molecule has 0 radical (unpaired) electrons.